The minimum Gasteiger partial charge on any atom is -0.393 e. The zero-order chi connectivity index (χ0) is 10.7. The molecule has 2 saturated heterocycles. The normalized spacial score (nSPS) is 29.1. The molecular formula is C11H20N2O2. The van der Waals surface area contributed by atoms with Crippen LogP contribution in [0.1, 0.15) is 25.7 Å². The molecule has 0 spiro atoms. The third-order valence-electron chi connectivity index (χ3n) is 3.42. The topological polar surface area (TPSA) is 52.6 Å². The molecule has 0 aromatic carbocycles. The molecule has 1 amide bonds. The fourth-order valence-corrected chi connectivity index (χ4v) is 2.41. The van der Waals surface area contributed by atoms with E-state index >= 15 is 0 Å². The molecule has 0 radical (unpaired) electrons. The monoisotopic (exact) mass is 212 g/mol. The minimum absolute atomic E-state index is 0.175. The van der Waals surface area contributed by atoms with Crippen LogP contribution in [-0.4, -0.2) is 48.2 Å². The van der Waals surface area contributed by atoms with Gasteiger partial charge >= 0.3 is 0 Å². The highest BCUT2D eigenvalue weighted by molar-refractivity contribution is 5.79. The average molecular weight is 212 g/mol. The number of hydrogen-bond acceptors (Lipinski definition) is 3. The van der Waals surface area contributed by atoms with E-state index in [-0.39, 0.29) is 17.9 Å². The number of likely N-dealkylation sites (tertiary alicyclic amines) is 1. The molecule has 0 aromatic rings. The van der Waals surface area contributed by atoms with Gasteiger partial charge in [0.1, 0.15) is 0 Å². The Morgan fingerprint density at radius 2 is 2.00 bits per heavy atom. The van der Waals surface area contributed by atoms with E-state index in [1.165, 1.54) is 0 Å². The van der Waals surface area contributed by atoms with Crippen molar-refractivity contribution in [1.82, 2.24) is 10.2 Å². The fourth-order valence-electron chi connectivity index (χ4n) is 2.41. The Morgan fingerprint density at radius 3 is 2.60 bits per heavy atom. The molecule has 4 heteroatoms. The number of rotatable bonds is 1. The zero-order valence-electron chi connectivity index (χ0n) is 9.11. The van der Waals surface area contributed by atoms with E-state index in [0.29, 0.717) is 0 Å². The number of carbonyl (C=O) groups excluding carboxylic acids is 1. The van der Waals surface area contributed by atoms with Crippen molar-refractivity contribution < 1.29 is 9.90 Å². The van der Waals surface area contributed by atoms with E-state index in [4.69, 9.17) is 0 Å². The molecule has 2 fully saturated rings. The largest absolute Gasteiger partial charge is 0.393 e. The molecule has 0 bridgehead atoms. The number of carbonyl (C=O) groups is 1. The summed E-state index contributed by atoms with van der Waals surface area (Å²) in [4.78, 5) is 14.0. The maximum atomic E-state index is 12.1. The molecule has 2 N–H and O–H groups in total. The number of nitrogens with zero attached hydrogens (tertiary/aromatic N) is 1. The number of hydrogen-bond donors (Lipinski definition) is 2. The number of aliphatic hydroxyl groups excluding tert-OH is 1. The number of aliphatic hydroxyl groups is 1. The van der Waals surface area contributed by atoms with Crippen molar-refractivity contribution in [2.45, 2.75) is 31.8 Å². The van der Waals surface area contributed by atoms with Gasteiger partial charge in [-0.25, -0.2) is 0 Å². The van der Waals surface area contributed by atoms with Gasteiger partial charge < -0.3 is 15.3 Å². The summed E-state index contributed by atoms with van der Waals surface area (Å²) in [6, 6.07) is 0. The summed E-state index contributed by atoms with van der Waals surface area (Å²) < 4.78 is 0. The van der Waals surface area contributed by atoms with Crippen molar-refractivity contribution in [2.75, 3.05) is 26.2 Å². The SMILES string of the molecule is O=C(C1CCCNC1)N1CCC(O)CC1. The van der Waals surface area contributed by atoms with E-state index in [0.717, 1.165) is 51.9 Å². The van der Waals surface area contributed by atoms with E-state index in [9.17, 15) is 9.90 Å². The highest BCUT2D eigenvalue weighted by atomic mass is 16.3. The van der Waals surface area contributed by atoms with Crippen LogP contribution in [0.15, 0.2) is 0 Å². The second-order valence-corrected chi connectivity index (χ2v) is 4.60. The summed E-state index contributed by atoms with van der Waals surface area (Å²) in [6.07, 6.45) is 3.41. The van der Waals surface area contributed by atoms with Crippen LogP contribution in [0.4, 0.5) is 0 Å². The van der Waals surface area contributed by atoms with Crippen molar-refractivity contribution in [3.8, 4) is 0 Å². The second kappa shape index (κ2) is 4.94. The van der Waals surface area contributed by atoms with Crippen LogP contribution < -0.4 is 5.32 Å². The van der Waals surface area contributed by atoms with Crippen LogP contribution >= 0.6 is 0 Å². The third kappa shape index (κ3) is 2.69. The Bertz CT molecular complexity index is 219. The molecule has 0 saturated carbocycles. The summed E-state index contributed by atoms with van der Waals surface area (Å²) >= 11 is 0. The smallest absolute Gasteiger partial charge is 0.226 e. The molecule has 2 heterocycles. The van der Waals surface area contributed by atoms with Crippen LogP contribution in [0.25, 0.3) is 0 Å². The van der Waals surface area contributed by atoms with Crippen LogP contribution in [0.5, 0.6) is 0 Å². The lowest BCUT2D eigenvalue weighted by Gasteiger charge is -2.33. The van der Waals surface area contributed by atoms with E-state index in [1.807, 2.05) is 4.90 Å². The predicted octanol–water partition coefficient (Wildman–Crippen LogP) is -0.0307. The molecule has 2 aliphatic heterocycles. The number of amides is 1. The van der Waals surface area contributed by atoms with E-state index in [2.05, 4.69) is 5.32 Å². The van der Waals surface area contributed by atoms with Crippen molar-refractivity contribution in [2.24, 2.45) is 5.92 Å². The standard InChI is InChI=1S/C11H20N2O2/c14-10-3-6-13(7-4-10)11(15)9-2-1-5-12-8-9/h9-10,12,14H,1-8H2. The summed E-state index contributed by atoms with van der Waals surface area (Å²) in [5.41, 5.74) is 0. The highest BCUT2D eigenvalue weighted by Crippen LogP contribution is 2.17. The minimum atomic E-state index is -0.196. The van der Waals surface area contributed by atoms with Crippen LogP contribution in [0, 0.1) is 5.92 Å². The maximum Gasteiger partial charge on any atom is 0.226 e. The molecule has 15 heavy (non-hydrogen) atoms. The van der Waals surface area contributed by atoms with Gasteiger partial charge in [-0.2, -0.15) is 0 Å². The Morgan fingerprint density at radius 1 is 1.27 bits per heavy atom. The van der Waals surface area contributed by atoms with Crippen molar-refractivity contribution >= 4 is 5.91 Å². The van der Waals surface area contributed by atoms with Crippen molar-refractivity contribution in [1.29, 1.82) is 0 Å². The van der Waals surface area contributed by atoms with Gasteiger partial charge in [-0.15, -0.1) is 0 Å². The van der Waals surface area contributed by atoms with Crippen molar-refractivity contribution in [3.05, 3.63) is 0 Å². The Balaban J connectivity index is 1.84. The molecule has 0 aromatic heterocycles. The zero-order valence-corrected chi connectivity index (χ0v) is 9.11. The molecule has 1 atom stereocenters. The lowest BCUT2D eigenvalue weighted by molar-refractivity contribution is -0.138. The van der Waals surface area contributed by atoms with Crippen LogP contribution in [-0.2, 0) is 4.79 Å². The lowest BCUT2D eigenvalue weighted by atomic mass is 9.96. The summed E-state index contributed by atoms with van der Waals surface area (Å²) in [7, 11) is 0. The van der Waals surface area contributed by atoms with Gasteiger partial charge in [-0.1, -0.05) is 0 Å². The first-order valence-electron chi connectivity index (χ1n) is 5.95. The first-order valence-corrected chi connectivity index (χ1v) is 5.95. The van der Waals surface area contributed by atoms with Gasteiger partial charge in [-0.3, -0.25) is 4.79 Å². The first kappa shape index (κ1) is 10.9. The van der Waals surface area contributed by atoms with E-state index in [1.54, 1.807) is 0 Å². The Hall–Kier alpha value is -0.610. The van der Waals surface area contributed by atoms with Gasteiger partial charge in [0.15, 0.2) is 0 Å². The maximum absolute atomic E-state index is 12.1. The molecule has 0 aliphatic carbocycles. The number of piperidine rings is 2. The third-order valence-corrected chi connectivity index (χ3v) is 3.42. The quantitative estimate of drug-likeness (QED) is 0.642. The van der Waals surface area contributed by atoms with Crippen molar-refractivity contribution in [3.63, 3.8) is 0 Å². The van der Waals surface area contributed by atoms with Gasteiger partial charge in [0.2, 0.25) is 5.91 Å². The predicted molar refractivity (Wildman–Crippen MR) is 57.4 cm³/mol. The molecule has 2 rings (SSSR count). The summed E-state index contributed by atoms with van der Waals surface area (Å²) in [5, 5.41) is 12.6. The highest BCUT2D eigenvalue weighted by Gasteiger charge is 2.28. The average Bonchev–Trinajstić information content (AvgIpc) is 2.30. The summed E-state index contributed by atoms with van der Waals surface area (Å²) in [6.45, 7) is 3.34. The molecule has 2 aliphatic rings. The van der Waals surface area contributed by atoms with Gasteiger partial charge in [0.25, 0.3) is 0 Å². The fraction of sp³-hybridized carbons (Fsp3) is 0.909. The molecule has 86 valence electrons. The van der Waals surface area contributed by atoms with Gasteiger partial charge in [-0.05, 0) is 32.2 Å². The van der Waals surface area contributed by atoms with Gasteiger partial charge in [0.05, 0.1) is 12.0 Å². The Kier molecular flexibility index (Phi) is 3.59. The van der Waals surface area contributed by atoms with Crippen LogP contribution in [0.3, 0.4) is 0 Å². The first-order chi connectivity index (χ1) is 7.27. The molecular weight excluding hydrogens is 192 g/mol. The van der Waals surface area contributed by atoms with E-state index < -0.39 is 0 Å². The summed E-state index contributed by atoms with van der Waals surface area (Å²) in [5.74, 6) is 0.461. The molecule has 1 unspecified atom stereocenters. The van der Waals surface area contributed by atoms with Gasteiger partial charge in [0, 0.05) is 19.6 Å². The Labute approximate surface area is 90.6 Å². The lowest BCUT2D eigenvalue weighted by Crippen LogP contribution is -2.46. The molecule has 4 nitrogen and oxygen atoms in total. The second-order valence-electron chi connectivity index (χ2n) is 4.60. The number of nitrogens with one attached hydrogen (secondary N) is 1. The van der Waals surface area contributed by atoms with Crippen LogP contribution in [0.2, 0.25) is 0 Å².